The third kappa shape index (κ3) is 2.89. The predicted molar refractivity (Wildman–Crippen MR) is 77.6 cm³/mol. The van der Waals surface area contributed by atoms with Crippen LogP contribution in [0.3, 0.4) is 0 Å². The number of nitrogens with one attached hydrogen (secondary N) is 1. The third-order valence-electron chi connectivity index (χ3n) is 3.39. The number of hydrogen-bond acceptors (Lipinski definition) is 4. The van der Waals surface area contributed by atoms with Gasteiger partial charge in [0.1, 0.15) is 12.3 Å². The first-order valence-corrected chi connectivity index (χ1v) is 6.83. The number of likely N-dealkylation sites (N-methyl/N-ethyl adjacent to an activating group) is 1. The summed E-state index contributed by atoms with van der Waals surface area (Å²) in [6.45, 7) is 3.31. The van der Waals surface area contributed by atoms with Gasteiger partial charge >= 0.3 is 0 Å². The van der Waals surface area contributed by atoms with Crippen molar-refractivity contribution < 1.29 is 19.1 Å². The number of ketones is 1. The van der Waals surface area contributed by atoms with Gasteiger partial charge in [0.15, 0.2) is 11.9 Å². The molecule has 2 rings (SSSR count). The molecular weight excluding hydrogens is 272 g/mol. The van der Waals surface area contributed by atoms with Gasteiger partial charge in [-0.2, -0.15) is 0 Å². The lowest BCUT2D eigenvalue weighted by Crippen LogP contribution is -2.48. The zero-order chi connectivity index (χ0) is 15.6. The molecule has 112 valence electrons. The van der Waals surface area contributed by atoms with Crippen LogP contribution in [0.4, 0.5) is 5.69 Å². The Morgan fingerprint density at radius 3 is 2.71 bits per heavy atom. The molecule has 0 spiro atoms. The Hall–Kier alpha value is -2.37. The van der Waals surface area contributed by atoms with Crippen LogP contribution in [0.1, 0.15) is 30.6 Å². The zero-order valence-electron chi connectivity index (χ0n) is 12.3. The Balaban J connectivity index is 2.44. The Bertz CT molecular complexity index is 597. The van der Waals surface area contributed by atoms with E-state index in [-0.39, 0.29) is 24.1 Å². The van der Waals surface area contributed by atoms with Crippen LogP contribution in [-0.2, 0) is 9.59 Å². The van der Waals surface area contributed by atoms with E-state index < -0.39 is 6.10 Å². The van der Waals surface area contributed by atoms with Gasteiger partial charge < -0.3 is 10.1 Å². The molecule has 0 aromatic heterocycles. The van der Waals surface area contributed by atoms with Crippen molar-refractivity contribution in [3.8, 4) is 5.75 Å². The maximum Gasteiger partial charge on any atom is 0.268 e. The van der Waals surface area contributed by atoms with E-state index in [0.717, 1.165) is 0 Å². The summed E-state index contributed by atoms with van der Waals surface area (Å²) in [5, 5.41) is 2.49. The second-order valence-electron chi connectivity index (χ2n) is 4.82. The molecule has 1 aliphatic heterocycles. The first kappa shape index (κ1) is 15.0. The van der Waals surface area contributed by atoms with E-state index in [1.807, 2.05) is 0 Å². The molecule has 21 heavy (non-hydrogen) atoms. The van der Waals surface area contributed by atoms with Crippen molar-refractivity contribution >= 4 is 23.3 Å². The SMILES string of the molecule is CCC(=O)c1ccc2c(c1)N(CC(=O)NC)C(=O)C(C)O2. The van der Waals surface area contributed by atoms with Gasteiger partial charge in [0, 0.05) is 19.0 Å². The van der Waals surface area contributed by atoms with Crippen LogP contribution in [0.2, 0.25) is 0 Å². The van der Waals surface area contributed by atoms with E-state index in [4.69, 9.17) is 4.74 Å². The smallest absolute Gasteiger partial charge is 0.268 e. The fourth-order valence-corrected chi connectivity index (χ4v) is 2.17. The average molecular weight is 290 g/mol. The van der Waals surface area contributed by atoms with E-state index in [2.05, 4.69) is 5.32 Å². The summed E-state index contributed by atoms with van der Waals surface area (Å²) in [7, 11) is 1.51. The van der Waals surface area contributed by atoms with E-state index in [0.29, 0.717) is 23.4 Å². The molecule has 1 heterocycles. The van der Waals surface area contributed by atoms with Gasteiger partial charge in [-0.05, 0) is 25.1 Å². The zero-order valence-corrected chi connectivity index (χ0v) is 12.3. The van der Waals surface area contributed by atoms with Crippen LogP contribution in [0, 0.1) is 0 Å². The predicted octanol–water partition coefficient (Wildman–Crippen LogP) is 1.14. The fraction of sp³-hybridized carbons (Fsp3) is 0.400. The Morgan fingerprint density at radius 2 is 2.10 bits per heavy atom. The van der Waals surface area contributed by atoms with Crippen LogP contribution in [0.25, 0.3) is 0 Å². The summed E-state index contributed by atoms with van der Waals surface area (Å²) in [5.74, 6) is -0.106. The molecule has 1 aromatic rings. The van der Waals surface area contributed by atoms with Crippen molar-refractivity contribution in [1.82, 2.24) is 5.32 Å². The maximum absolute atomic E-state index is 12.2. The minimum absolute atomic E-state index is 0.0243. The monoisotopic (exact) mass is 290 g/mol. The van der Waals surface area contributed by atoms with Crippen molar-refractivity contribution in [1.29, 1.82) is 0 Å². The molecule has 1 atom stereocenters. The average Bonchev–Trinajstić information content (AvgIpc) is 2.50. The molecule has 0 saturated carbocycles. The molecule has 1 unspecified atom stereocenters. The van der Waals surface area contributed by atoms with Crippen LogP contribution < -0.4 is 15.0 Å². The molecule has 0 fully saturated rings. The highest BCUT2D eigenvalue weighted by molar-refractivity contribution is 6.05. The quantitative estimate of drug-likeness (QED) is 0.844. The number of hydrogen-bond donors (Lipinski definition) is 1. The summed E-state index contributed by atoms with van der Waals surface area (Å²) >= 11 is 0. The molecule has 0 aliphatic carbocycles. The van der Waals surface area contributed by atoms with Crippen LogP contribution in [0.5, 0.6) is 5.75 Å². The highest BCUT2D eigenvalue weighted by Crippen LogP contribution is 2.35. The van der Waals surface area contributed by atoms with E-state index >= 15 is 0 Å². The molecule has 0 bridgehead atoms. The second kappa shape index (κ2) is 5.95. The summed E-state index contributed by atoms with van der Waals surface area (Å²) in [6, 6.07) is 4.94. The summed E-state index contributed by atoms with van der Waals surface area (Å²) in [5.41, 5.74) is 0.963. The van der Waals surface area contributed by atoms with Gasteiger partial charge in [-0.25, -0.2) is 0 Å². The number of carbonyl (C=O) groups is 3. The van der Waals surface area contributed by atoms with Gasteiger partial charge in [-0.15, -0.1) is 0 Å². The van der Waals surface area contributed by atoms with Crippen molar-refractivity contribution in [3.63, 3.8) is 0 Å². The highest BCUT2D eigenvalue weighted by Gasteiger charge is 2.33. The van der Waals surface area contributed by atoms with Gasteiger partial charge in [0.25, 0.3) is 5.91 Å². The first-order valence-electron chi connectivity index (χ1n) is 6.83. The van der Waals surface area contributed by atoms with Gasteiger partial charge in [-0.1, -0.05) is 6.92 Å². The fourth-order valence-electron chi connectivity index (χ4n) is 2.17. The van der Waals surface area contributed by atoms with Gasteiger partial charge in [-0.3, -0.25) is 19.3 Å². The van der Waals surface area contributed by atoms with Crippen molar-refractivity contribution in [2.45, 2.75) is 26.4 Å². The number of benzene rings is 1. The number of anilines is 1. The summed E-state index contributed by atoms with van der Waals surface area (Å²) in [4.78, 5) is 37.0. The number of Topliss-reactive ketones (excluding diaryl/α,β-unsaturated/α-hetero) is 1. The number of nitrogens with zero attached hydrogens (tertiary/aromatic N) is 1. The topological polar surface area (TPSA) is 75.7 Å². The van der Waals surface area contributed by atoms with Gasteiger partial charge in [0.2, 0.25) is 5.91 Å². The molecule has 6 heteroatoms. The maximum atomic E-state index is 12.2. The molecule has 6 nitrogen and oxygen atoms in total. The Kier molecular flexibility index (Phi) is 4.26. The molecule has 1 aromatic carbocycles. The number of amides is 2. The summed E-state index contributed by atoms with van der Waals surface area (Å²) < 4.78 is 5.52. The van der Waals surface area contributed by atoms with Crippen LogP contribution >= 0.6 is 0 Å². The molecule has 1 aliphatic rings. The van der Waals surface area contributed by atoms with Crippen molar-refractivity contribution in [3.05, 3.63) is 23.8 Å². The molecule has 1 N–H and O–H groups in total. The minimum Gasteiger partial charge on any atom is -0.479 e. The summed E-state index contributed by atoms with van der Waals surface area (Å²) in [6.07, 6.45) is -0.283. The molecular formula is C15H18N2O4. The van der Waals surface area contributed by atoms with E-state index in [1.54, 1.807) is 32.0 Å². The second-order valence-corrected chi connectivity index (χ2v) is 4.82. The third-order valence-corrected chi connectivity index (χ3v) is 3.39. The highest BCUT2D eigenvalue weighted by atomic mass is 16.5. The number of ether oxygens (including phenoxy) is 1. The Morgan fingerprint density at radius 1 is 1.38 bits per heavy atom. The first-order chi connectivity index (χ1) is 9.97. The van der Waals surface area contributed by atoms with Crippen LogP contribution in [0.15, 0.2) is 18.2 Å². The standard InChI is InChI=1S/C15H18N2O4/c1-4-12(18)10-5-6-13-11(7-10)17(8-14(19)16-3)15(20)9(2)21-13/h5-7,9H,4,8H2,1-3H3,(H,16,19). The lowest BCUT2D eigenvalue weighted by molar-refractivity contribution is -0.128. The molecule has 0 saturated heterocycles. The molecule has 0 radical (unpaired) electrons. The van der Waals surface area contributed by atoms with Crippen LogP contribution in [-0.4, -0.2) is 37.3 Å². The lowest BCUT2D eigenvalue weighted by Gasteiger charge is -2.32. The molecule has 2 amide bonds. The largest absolute Gasteiger partial charge is 0.479 e. The Labute approximate surface area is 123 Å². The minimum atomic E-state index is -0.658. The normalized spacial score (nSPS) is 17.0. The van der Waals surface area contributed by atoms with E-state index in [1.165, 1.54) is 11.9 Å². The van der Waals surface area contributed by atoms with E-state index in [9.17, 15) is 14.4 Å². The van der Waals surface area contributed by atoms with Crippen molar-refractivity contribution in [2.24, 2.45) is 0 Å². The number of fused-ring (bicyclic) bond motifs is 1. The number of rotatable bonds is 4. The van der Waals surface area contributed by atoms with Gasteiger partial charge in [0.05, 0.1) is 5.69 Å². The number of carbonyl (C=O) groups excluding carboxylic acids is 3. The lowest BCUT2D eigenvalue weighted by atomic mass is 10.1. The van der Waals surface area contributed by atoms with Crippen molar-refractivity contribution in [2.75, 3.05) is 18.5 Å².